The molecule has 18 heavy (non-hydrogen) atoms. The van der Waals surface area contributed by atoms with Gasteiger partial charge in [-0.05, 0) is 52.1 Å². The van der Waals surface area contributed by atoms with Crippen LogP contribution in [-0.4, -0.2) is 16.1 Å². The Morgan fingerprint density at radius 2 is 2.33 bits per heavy atom. The molecule has 0 bridgehead atoms. The van der Waals surface area contributed by atoms with Gasteiger partial charge in [0.2, 0.25) is 0 Å². The van der Waals surface area contributed by atoms with Gasteiger partial charge in [0.05, 0.1) is 16.2 Å². The van der Waals surface area contributed by atoms with Gasteiger partial charge in [-0.25, -0.2) is 4.39 Å². The first kappa shape index (κ1) is 13.6. The van der Waals surface area contributed by atoms with Gasteiger partial charge in [-0.3, -0.25) is 0 Å². The molecular formula is C12H13BrFN3S. The summed E-state index contributed by atoms with van der Waals surface area (Å²) in [7, 11) is 0. The van der Waals surface area contributed by atoms with Crippen molar-refractivity contribution in [1.82, 2.24) is 14.9 Å². The molecule has 0 aliphatic rings. The first-order valence-electron chi connectivity index (χ1n) is 5.65. The fourth-order valence-electron chi connectivity index (χ4n) is 1.78. The maximum atomic E-state index is 13.5. The summed E-state index contributed by atoms with van der Waals surface area (Å²) >= 11 is 4.61. The van der Waals surface area contributed by atoms with Crippen molar-refractivity contribution in [3.05, 3.63) is 45.1 Å². The number of rotatable bonds is 5. The van der Waals surface area contributed by atoms with E-state index in [0.29, 0.717) is 10.9 Å². The topological polar surface area (TPSA) is 37.8 Å². The zero-order valence-electron chi connectivity index (χ0n) is 9.86. The maximum Gasteiger partial charge on any atom is 0.137 e. The van der Waals surface area contributed by atoms with E-state index in [2.05, 4.69) is 30.8 Å². The molecule has 0 aliphatic heterocycles. The van der Waals surface area contributed by atoms with Crippen molar-refractivity contribution in [2.24, 2.45) is 0 Å². The summed E-state index contributed by atoms with van der Waals surface area (Å²) in [6.07, 6.45) is 0.678. The lowest BCUT2D eigenvalue weighted by Gasteiger charge is -2.16. The lowest BCUT2D eigenvalue weighted by atomic mass is 10.0. The Morgan fingerprint density at radius 3 is 3.00 bits per heavy atom. The molecule has 2 aromatic rings. The number of hydrogen-bond acceptors (Lipinski definition) is 4. The van der Waals surface area contributed by atoms with E-state index in [1.165, 1.54) is 17.6 Å². The van der Waals surface area contributed by atoms with Crippen LogP contribution in [0.2, 0.25) is 0 Å². The molecule has 96 valence electrons. The second kappa shape index (κ2) is 6.36. The highest BCUT2D eigenvalue weighted by molar-refractivity contribution is 9.10. The van der Waals surface area contributed by atoms with Gasteiger partial charge in [0, 0.05) is 5.38 Å². The summed E-state index contributed by atoms with van der Waals surface area (Å²) < 4.78 is 17.9. The SMILES string of the molecule is CCNC(Cc1cccc(F)c1Br)c1csnn1. The van der Waals surface area contributed by atoms with E-state index in [9.17, 15) is 4.39 Å². The number of nitrogens with zero attached hydrogens (tertiary/aromatic N) is 2. The van der Waals surface area contributed by atoms with Crippen molar-refractivity contribution in [3.8, 4) is 0 Å². The van der Waals surface area contributed by atoms with Crippen LogP contribution in [0.15, 0.2) is 28.1 Å². The Morgan fingerprint density at radius 1 is 1.50 bits per heavy atom. The third kappa shape index (κ3) is 3.13. The largest absolute Gasteiger partial charge is 0.309 e. The van der Waals surface area contributed by atoms with Crippen LogP contribution in [-0.2, 0) is 6.42 Å². The smallest absolute Gasteiger partial charge is 0.137 e. The van der Waals surface area contributed by atoms with Crippen molar-refractivity contribution in [3.63, 3.8) is 0 Å². The van der Waals surface area contributed by atoms with Gasteiger partial charge >= 0.3 is 0 Å². The predicted octanol–water partition coefficient (Wildman–Crippen LogP) is 3.33. The highest BCUT2D eigenvalue weighted by atomic mass is 79.9. The molecule has 6 heteroatoms. The van der Waals surface area contributed by atoms with E-state index in [-0.39, 0.29) is 11.9 Å². The van der Waals surface area contributed by atoms with Crippen molar-refractivity contribution in [2.75, 3.05) is 6.54 Å². The van der Waals surface area contributed by atoms with E-state index in [4.69, 9.17) is 0 Å². The molecule has 1 aromatic heterocycles. The quantitative estimate of drug-likeness (QED) is 0.914. The molecule has 2 rings (SSSR count). The van der Waals surface area contributed by atoms with Gasteiger partial charge in [-0.15, -0.1) is 5.10 Å². The van der Waals surface area contributed by atoms with E-state index >= 15 is 0 Å². The average Bonchev–Trinajstić information content (AvgIpc) is 2.88. The fraction of sp³-hybridized carbons (Fsp3) is 0.333. The average molecular weight is 330 g/mol. The second-order valence-electron chi connectivity index (χ2n) is 3.86. The minimum Gasteiger partial charge on any atom is -0.309 e. The highest BCUT2D eigenvalue weighted by Gasteiger charge is 2.16. The Bertz CT molecular complexity index is 504. The molecule has 1 unspecified atom stereocenters. The lowest BCUT2D eigenvalue weighted by Crippen LogP contribution is -2.23. The van der Waals surface area contributed by atoms with Crippen LogP contribution in [0.5, 0.6) is 0 Å². The van der Waals surface area contributed by atoms with Crippen molar-refractivity contribution >= 4 is 27.5 Å². The zero-order valence-corrected chi connectivity index (χ0v) is 12.3. The summed E-state index contributed by atoms with van der Waals surface area (Å²) in [5.74, 6) is -0.237. The van der Waals surface area contributed by atoms with Crippen LogP contribution < -0.4 is 5.32 Å². The molecule has 1 heterocycles. The normalized spacial score (nSPS) is 12.6. The molecule has 0 aliphatic carbocycles. The molecule has 0 saturated heterocycles. The molecular weight excluding hydrogens is 317 g/mol. The summed E-state index contributed by atoms with van der Waals surface area (Å²) in [5.41, 5.74) is 1.83. The molecule has 1 N–H and O–H groups in total. The van der Waals surface area contributed by atoms with Crippen molar-refractivity contribution < 1.29 is 4.39 Å². The number of likely N-dealkylation sites (N-methyl/N-ethyl adjacent to an activating group) is 1. The molecule has 3 nitrogen and oxygen atoms in total. The molecule has 1 atom stereocenters. The summed E-state index contributed by atoms with van der Waals surface area (Å²) in [4.78, 5) is 0. The van der Waals surface area contributed by atoms with Gasteiger partial charge in [-0.2, -0.15) is 0 Å². The minimum absolute atomic E-state index is 0.0619. The zero-order chi connectivity index (χ0) is 13.0. The number of hydrogen-bond donors (Lipinski definition) is 1. The Hall–Kier alpha value is -0.850. The highest BCUT2D eigenvalue weighted by Crippen LogP contribution is 2.25. The fourth-order valence-corrected chi connectivity index (χ4v) is 2.71. The van der Waals surface area contributed by atoms with Crippen molar-refractivity contribution in [2.45, 2.75) is 19.4 Å². The third-order valence-electron chi connectivity index (χ3n) is 2.64. The number of benzene rings is 1. The van der Waals surface area contributed by atoms with E-state index in [0.717, 1.165) is 17.8 Å². The van der Waals surface area contributed by atoms with Crippen LogP contribution in [0.1, 0.15) is 24.2 Å². The van der Waals surface area contributed by atoms with E-state index in [1.54, 1.807) is 6.07 Å². The Labute approximate surface area is 118 Å². The molecule has 0 saturated carbocycles. The van der Waals surface area contributed by atoms with Gasteiger partial charge < -0.3 is 5.32 Å². The van der Waals surface area contributed by atoms with E-state index < -0.39 is 0 Å². The Balaban J connectivity index is 2.21. The minimum atomic E-state index is -0.237. The summed E-state index contributed by atoms with van der Waals surface area (Å²) in [6, 6.07) is 5.14. The molecule has 1 aromatic carbocycles. The second-order valence-corrected chi connectivity index (χ2v) is 5.26. The van der Waals surface area contributed by atoms with Gasteiger partial charge in [0.25, 0.3) is 0 Å². The van der Waals surface area contributed by atoms with Crippen LogP contribution >= 0.6 is 27.5 Å². The van der Waals surface area contributed by atoms with Crippen LogP contribution in [0.4, 0.5) is 4.39 Å². The van der Waals surface area contributed by atoms with E-state index in [1.807, 2.05) is 18.4 Å². The van der Waals surface area contributed by atoms with Gasteiger partial charge in [0.1, 0.15) is 5.82 Å². The first-order valence-corrected chi connectivity index (χ1v) is 7.28. The van der Waals surface area contributed by atoms with Crippen LogP contribution in [0, 0.1) is 5.82 Å². The number of aromatic nitrogens is 2. The monoisotopic (exact) mass is 329 g/mol. The Kier molecular flexibility index (Phi) is 4.79. The van der Waals surface area contributed by atoms with Gasteiger partial charge in [-0.1, -0.05) is 23.5 Å². The predicted molar refractivity (Wildman–Crippen MR) is 74.1 cm³/mol. The lowest BCUT2D eigenvalue weighted by molar-refractivity contribution is 0.531. The molecule has 0 radical (unpaired) electrons. The van der Waals surface area contributed by atoms with Gasteiger partial charge in [0.15, 0.2) is 0 Å². The van der Waals surface area contributed by atoms with Crippen LogP contribution in [0.25, 0.3) is 0 Å². The maximum absolute atomic E-state index is 13.5. The summed E-state index contributed by atoms with van der Waals surface area (Å²) in [5, 5.41) is 9.34. The van der Waals surface area contributed by atoms with Crippen LogP contribution in [0.3, 0.4) is 0 Å². The standard InChI is InChI=1S/C12H13BrFN3S/c1-2-15-10(11-7-18-17-16-11)6-8-4-3-5-9(14)12(8)13/h3-5,7,10,15H,2,6H2,1H3. The number of halogens is 2. The number of nitrogens with one attached hydrogen (secondary N) is 1. The van der Waals surface area contributed by atoms with Crippen molar-refractivity contribution in [1.29, 1.82) is 0 Å². The molecule has 0 amide bonds. The first-order chi connectivity index (χ1) is 8.72. The molecule has 0 spiro atoms. The molecule has 0 fully saturated rings. The summed E-state index contributed by atoms with van der Waals surface area (Å²) in [6.45, 7) is 2.86. The third-order valence-corrected chi connectivity index (χ3v) is 4.05.